The summed E-state index contributed by atoms with van der Waals surface area (Å²) in [6.07, 6.45) is 0. The number of benzene rings is 20. The number of hydrogen-bond donors (Lipinski definition) is 0. The summed E-state index contributed by atoms with van der Waals surface area (Å²) in [5, 5.41) is 12.7. The van der Waals surface area contributed by atoms with Crippen molar-refractivity contribution in [2.45, 2.75) is 96.3 Å². The second-order valence-corrected chi connectivity index (χ2v) is 38.4. The highest BCUT2D eigenvalue weighted by Crippen LogP contribution is 2.60. The molecule has 0 nitrogen and oxygen atoms in total. The summed E-state index contributed by atoms with van der Waals surface area (Å²) in [6, 6.07) is 147. The SMILES string of the molecule is CC1(C)c2ccccc2-c2ccc(-c3ccc(-c4c5ccccc5c(-c5cccc6c5-c5ccccc5C6(C)C)c5cc(-c6ccc7c(c6)C(C)(C)c6ccccc6-7)ccc45)cc3)cc21.CC1(C)c2ccccc2-c2ccc(-c3ccc4c(-c5ccc(-c6ccc7ccccc7c6)cc5)c5ccccc5c(-c5cccc6c5-c5ccccc5C6(C)C)c4c3)cc21. The van der Waals surface area contributed by atoms with Crippen LogP contribution in [0, 0.1) is 0 Å². The van der Waals surface area contributed by atoms with Gasteiger partial charge in [-0.15, -0.1) is 0 Å². The Morgan fingerprint density at radius 3 is 0.752 bits per heavy atom. The first-order chi connectivity index (χ1) is 60.8. The molecule has 0 aromatic heterocycles. The maximum Gasteiger partial charge on any atom is 0.0159 e. The van der Waals surface area contributed by atoms with Crippen LogP contribution in [0.2, 0.25) is 0 Å². The van der Waals surface area contributed by atoms with E-state index in [1.165, 1.54) is 254 Å². The molecule has 594 valence electrons. The zero-order chi connectivity index (χ0) is 84.3. The van der Waals surface area contributed by atoms with Gasteiger partial charge in [-0.2, -0.15) is 0 Å². The highest BCUT2D eigenvalue weighted by atomic mass is 14.5. The molecular formula is C125H94. The Labute approximate surface area is 733 Å². The fourth-order valence-electron chi connectivity index (χ4n) is 23.5. The van der Waals surface area contributed by atoms with E-state index in [-0.39, 0.29) is 27.1 Å². The van der Waals surface area contributed by atoms with E-state index in [1.54, 1.807) is 0 Å². The summed E-state index contributed by atoms with van der Waals surface area (Å²) in [5.74, 6) is 0. The van der Waals surface area contributed by atoms with Gasteiger partial charge in [0.25, 0.3) is 0 Å². The van der Waals surface area contributed by atoms with Crippen LogP contribution in [0.3, 0.4) is 0 Å². The lowest BCUT2D eigenvalue weighted by Crippen LogP contribution is -2.14. The summed E-state index contributed by atoms with van der Waals surface area (Å²) in [4.78, 5) is 0. The van der Waals surface area contributed by atoms with Gasteiger partial charge in [0.05, 0.1) is 0 Å². The molecule has 0 amide bonds. The van der Waals surface area contributed by atoms with Gasteiger partial charge in [0.15, 0.2) is 0 Å². The number of rotatable bonds is 8. The predicted octanol–water partition coefficient (Wildman–Crippen LogP) is 34.0. The van der Waals surface area contributed by atoms with Gasteiger partial charge in [-0.1, -0.05) is 421 Å². The zero-order valence-corrected chi connectivity index (χ0v) is 72.5. The predicted molar refractivity (Wildman–Crippen MR) is 532 cm³/mol. The van der Waals surface area contributed by atoms with E-state index in [0.29, 0.717) is 0 Å². The summed E-state index contributed by atoms with van der Waals surface area (Å²) in [7, 11) is 0. The van der Waals surface area contributed by atoms with Crippen molar-refractivity contribution >= 4 is 53.9 Å². The first-order valence-corrected chi connectivity index (χ1v) is 44.7. The highest BCUT2D eigenvalue weighted by Gasteiger charge is 2.42. The molecule has 0 heterocycles. The standard InChI is InChI=1S/C65H50.C60H44/c1-63(2)56-24-14-11-20-51(56)62-52(21-15-25-57(62)63)61-49-19-8-7-18-48(49)60(40-28-26-39(27-29-40)42-30-33-46-44-16-9-12-22-54(44)64(3,4)58(46)37-42)50-35-32-41(36-53(50)61)43-31-34-47-45-17-10-13-23-55(45)65(5,6)59(47)38-43;1-59(2)53-22-12-10-19-49(53)58-50(20-13-23-54(58)59)57-47-18-8-7-17-46(47)56(39-27-24-38(25-28-39)41-29-26-37-14-5-6-15-40(37)34-41)48-33-31-42(35-51(48)57)43-30-32-45-44-16-9-11-21-52(44)60(3,4)55(45)36-43/h7-38H,1-6H3;5-36H,1-4H3. The van der Waals surface area contributed by atoms with Crippen LogP contribution in [-0.2, 0) is 27.1 Å². The van der Waals surface area contributed by atoms with Crippen molar-refractivity contribution < 1.29 is 0 Å². The third-order valence-electron chi connectivity index (χ3n) is 30.0. The Morgan fingerprint density at radius 1 is 0.120 bits per heavy atom. The summed E-state index contributed by atoms with van der Waals surface area (Å²) in [6.45, 7) is 23.8. The second kappa shape index (κ2) is 27.3. The Balaban J connectivity index is 0.000000141. The molecule has 0 radical (unpaired) electrons. The molecule has 0 saturated heterocycles. The normalized spacial score (nSPS) is 14.8. The molecule has 0 spiro atoms. The van der Waals surface area contributed by atoms with E-state index in [1.807, 2.05) is 0 Å². The first-order valence-electron chi connectivity index (χ1n) is 44.7. The zero-order valence-electron chi connectivity index (χ0n) is 72.5. The topological polar surface area (TPSA) is 0 Å². The van der Waals surface area contributed by atoms with Crippen molar-refractivity contribution in [1.82, 2.24) is 0 Å². The van der Waals surface area contributed by atoms with Crippen molar-refractivity contribution in [3.05, 3.63) is 444 Å². The summed E-state index contributed by atoms with van der Waals surface area (Å²) < 4.78 is 0. The summed E-state index contributed by atoms with van der Waals surface area (Å²) in [5.41, 5.74) is 47.3. The molecule has 0 fully saturated rings. The van der Waals surface area contributed by atoms with Gasteiger partial charge in [-0.3, -0.25) is 0 Å². The van der Waals surface area contributed by atoms with Gasteiger partial charge >= 0.3 is 0 Å². The second-order valence-electron chi connectivity index (χ2n) is 38.4. The quantitative estimate of drug-likeness (QED) is 0.133. The third-order valence-corrected chi connectivity index (χ3v) is 30.0. The van der Waals surface area contributed by atoms with Crippen LogP contribution < -0.4 is 0 Å². The Morgan fingerprint density at radius 2 is 0.360 bits per heavy atom. The van der Waals surface area contributed by atoms with Crippen molar-refractivity contribution in [2.24, 2.45) is 0 Å². The average molecular weight is 1600 g/mol. The van der Waals surface area contributed by atoms with Crippen molar-refractivity contribution in [2.75, 3.05) is 0 Å². The highest BCUT2D eigenvalue weighted by molar-refractivity contribution is 6.25. The van der Waals surface area contributed by atoms with E-state index >= 15 is 0 Å². The third kappa shape index (κ3) is 11.0. The molecule has 5 aliphatic rings. The van der Waals surface area contributed by atoms with E-state index in [2.05, 4.69) is 457 Å². The van der Waals surface area contributed by atoms with Crippen LogP contribution in [0.5, 0.6) is 0 Å². The molecule has 0 unspecified atom stereocenters. The van der Waals surface area contributed by atoms with E-state index in [9.17, 15) is 0 Å². The largest absolute Gasteiger partial charge is 0.0619 e. The average Bonchev–Trinajstić information content (AvgIpc) is 1.57. The molecule has 20 aromatic rings. The molecule has 25 rings (SSSR count). The molecule has 0 atom stereocenters. The van der Waals surface area contributed by atoms with E-state index < -0.39 is 0 Å². The van der Waals surface area contributed by atoms with Gasteiger partial charge in [-0.25, -0.2) is 0 Å². The van der Waals surface area contributed by atoms with Gasteiger partial charge in [0, 0.05) is 27.1 Å². The van der Waals surface area contributed by atoms with Crippen LogP contribution in [0.15, 0.2) is 388 Å². The van der Waals surface area contributed by atoms with Crippen LogP contribution in [0.4, 0.5) is 0 Å². The molecule has 0 aliphatic heterocycles. The monoisotopic (exact) mass is 1590 g/mol. The van der Waals surface area contributed by atoms with Crippen molar-refractivity contribution in [3.8, 4) is 145 Å². The van der Waals surface area contributed by atoms with Crippen LogP contribution in [0.1, 0.15) is 125 Å². The molecular weight excluding hydrogens is 1500 g/mol. The number of fused-ring (bicyclic) bond motifs is 20. The molecule has 125 heavy (non-hydrogen) atoms. The van der Waals surface area contributed by atoms with Crippen LogP contribution in [0.25, 0.3) is 199 Å². The Kier molecular flexibility index (Phi) is 16.3. The van der Waals surface area contributed by atoms with Gasteiger partial charge in [-0.05, 0) is 291 Å². The molecule has 20 aromatic carbocycles. The van der Waals surface area contributed by atoms with Crippen LogP contribution >= 0.6 is 0 Å². The minimum atomic E-state index is -0.103. The molecule has 0 N–H and O–H groups in total. The number of hydrogen-bond acceptors (Lipinski definition) is 0. The Hall–Kier alpha value is -14.3. The lowest BCUT2D eigenvalue weighted by Gasteiger charge is -2.23. The van der Waals surface area contributed by atoms with E-state index in [0.717, 1.165) is 0 Å². The molecule has 0 heteroatoms. The first kappa shape index (κ1) is 74.5. The lowest BCUT2D eigenvalue weighted by atomic mass is 9.80. The maximum absolute atomic E-state index is 2.50. The summed E-state index contributed by atoms with van der Waals surface area (Å²) >= 11 is 0. The fourth-order valence-corrected chi connectivity index (χ4v) is 23.5. The van der Waals surface area contributed by atoms with Crippen molar-refractivity contribution in [3.63, 3.8) is 0 Å². The minimum absolute atomic E-state index is 0.0436. The fraction of sp³-hybridized carbons (Fsp3) is 0.120. The van der Waals surface area contributed by atoms with E-state index in [4.69, 9.17) is 0 Å². The lowest BCUT2D eigenvalue weighted by molar-refractivity contribution is 0.660. The van der Waals surface area contributed by atoms with Gasteiger partial charge < -0.3 is 0 Å². The maximum atomic E-state index is 2.50. The van der Waals surface area contributed by atoms with Gasteiger partial charge in [0.2, 0.25) is 0 Å². The van der Waals surface area contributed by atoms with Crippen LogP contribution in [-0.4, -0.2) is 0 Å². The Bertz CT molecular complexity index is 8020. The molecule has 0 bridgehead atoms. The molecule has 5 aliphatic carbocycles. The van der Waals surface area contributed by atoms with Gasteiger partial charge in [0.1, 0.15) is 0 Å². The van der Waals surface area contributed by atoms with Crippen molar-refractivity contribution in [1.29, 1.82) is 0 Å². The minimum Gasteiger partial charge on any atom is -0.0619 e. The molecule has 0 saturated carbocycles. The smallest absolute Gasteiger partial charge is 0.0159 e.